The summed E-state index contributed by atoms with van der Waals surface area (Å²) in [7, 11) is 0. The van der Waals surface area contributed by atoms with Gasteiger partial charge in [-0.2, -0.15) is 0 Å². The molecular weight excluding hydrogens is 334 g/mol. The molecule has 3 aromatic rings. The van der Waals surface area contributed by atoms with Crippen LogP contribution in [0, 0.1) is 11.8 Å². The molecule has 130 valence electrons. The average molecular weight is 349 g/mol. The first-order chi connectivity index (χ1) is 12.8. The number of rotatable bonds is 4. The first-order valence-electron chi connectivity index (χ1n) is 7.99. The van der Waals surface area contributed by atoms with Crippen molar-refractivity contribution in [3.05, 3.63) is 48.3 Å². The normalized spacial score (nSPS) is 11.7. The van der Waals surface area contributed by atoms with Crippen LogP contribution in [-0.4, -0.2) is 35.8 Å². The summed E-state index contributed by atoms with van der Waals surface area (Å²) in [6.45, 7) is 0.686. The molecule has 7 nitrogen and oxygen atoms in total. The molecule has 7 heteroatoms. The molecule has 2 aromatic carbocycles. The summed E-state index contributed by atoms with van der Waals surface area (Å²) in [5.41, 5.74) is 2.20. The predicted molar refractivity (Wildman–Crippen MR) is 94.3 cm³/mol. The first-order valence-corrected chi connectivity index (χ1v) is 7.99. The molecule has 2 heterocycles. The van der Waals surface area contributed by atoms with E-state index in [0.29, 0.717) is 22.8 Å². The Labute approximate surface area is 149 Å². The van der Waals surface area contributed by atoms with Gasteiger partial charge < -0.3 is 24.5 Å². The van der Waals surface area contributed by atoms with Crippen LogP contribution in [0.2, 0.25) is 0 Å². The summed E-state index contributed by atoms with van der Waals surface area (Å²) >= 11 is 0. The number of imidazole rings is 1. The van der Waals surface area contributed by atoms with Crippen molar-refractivity contribution < 1.29 is 19.0 Å². The van der Waals surface area contributed by atoms with Gasteiger partial charge >= 0.3 is 0 Å². The summed E-state index contributed by atoms with van der Waals surface area (Å²) < 4.78 is 16.0. The molecule has 0 fully saturated rings. The molecule has 1 aromatic heterocycles. The van der Waals surface area contributed by atoms with Gasteiger partial charge in [0.1, 0.15) is 12.4 Å². The smallest absolute Gasteiger partial charge is 0.252 e. The highest BCUT2D eigenvalue weighted by Crippen LogP contribution is 2.34. The van der Waals surface area contributed by atoms with Crippen molar-refractivity contribution in [1.82, 2.24) is 15.3 Å². The zero-order valence-electron chi connectivity index (χ0n) is 13.7. The number of benzene rings is 2. The highest BCUT2D eigenvalue weighted by atomic mass is 16.7. The molecule has 0 bridgehead atoms. The van der Waals surface area contributed by atoms with Gasteiger partial charge in [0.2, 0.25) is 6.79 Å². The van der Waals surface area contributed by atoms with Gasteiger partial charge in [0, 0.05) is 11.6 Å². The lowest BCUT2D eigenvalue weighted by molar-refractivity contribution is 0.0958. The van der Waals surface area contributed by atoms with E-state index in [1.807, 2.05) is 0 Å². The number of carbonyl (C=O) groups excluding carboxylic acids is 1. The zero-order valence-corrected chi connectivity index (χ0v) is 13.7. The number of H-pyrrole nitrogens is 1. The minimum absolute atomic E-state index is 0.188. The van der Waals surface area contributed by atoms with Crippen LogP contribution in [0.1, 0.15) is 10.4 Å². The van der Waals surface area contributed by atoms with Crippen molar-refractivity contribution >= 4 is 16.9 Å². The van der Waals surface area contributed by atoms with E-state index in [1.54, 1.807) is 42.7 Å². The van der Waals surface area contributed by atoms with Gasteiger partial charge in [-0.3, -0.25) is 4.79 Å². The van der Waals surface area contributed by atoms with Gasteiger partial charge in [0.05, 0.1) is 23.9 Å². The summed E-state index contributed by atoms with van der Waals surface area (Å²) in [4.78, 5) is 19.2. The third-order valence-electron chi connectivity index (χ3n) is 3.80. The van der Waals surface area contributed by atoms with Crippen molar-refractivity contribution in [1.29, 1.82) is 0 Å². The molecule has 0 saturated heterocycles. The number of hydrogen-bond acceptors (Lipinski definition) is 5. The lowest BCUT2D eigenvalue weighted by Crippen LogP contribution is -2.23. The number of hydrogen-bond donors (Lipinski definition) is 2. The lowest BCUT2D eigenvalue weighted by atomic mass is 10.2. The van der Waals surface area contributed by atoms with E-state index < -0.39 is 0 Å². The fraction of sp³-hybridized carbons (Fsp3) is 0.158. The van der Waals surface area contributed by atoms with Crippen LogP contribution < -0.4 is 19.5 Å². The third kappa shape index (κ3) is 3.39. The maximum atomic E-state index is 12.1. The van der Waals surface area contributed by atoms with Crippen LogP contribution in [0.15, 0.2) is 42.7 Å². The van der Waals surface area contributed by atoms with Crippen LogP contribution in [0.3, 0.4) is 0 Å². The maximum absolute atomic E-state index is 12.1. The van der Waals surface area contributed by atoms with Crippen molar-refractivity contribution in [2.75, 3.05) is 19.9 Å². The Morgan fingerprint density at radius 3 is 3.08 bits per heavy atom. The van der Waals surface area contributed by atoms with Crippen LogP contribution in [0.4, 0.5) is 0 Å². The largest absolute Gasteiger partial charge is 0.481 e. The van der Waals surface area contributed by atoms with Crippen LogP contribution in [0.25, 0.3) is 11.0 Å². The predicted octanol–water partition coefficient (Wildman–Crippen LogP) is 2.10. The Balaban J connectivity index is 1.25. The molecule has 1 aliphatic heterocycles. The summed E-state index contributed by atoms with van der Waals surface area (Å²) in [5, 5.41) is 2.75. The number of ether oxygens (including phenoxy) is 3. The van der Waals surface area contributed by atoms with Crippen LogP contribution in [0.5, 0.6) is 17.2 Å². The first kappa shape index (κ1) is 15.8. The van der Waals surface area contributed by atoms with E-state index in [0.717, 1.165) is 11.0 Å². The Hall–Kier alpha value is -3.66. The minimum atomic E-state index is -0.188. The molecule has 2 N–H and O–H groups in total. The van der Waals surface area contributed by atoms with Gasteiger partial charge in [-0.25, -0.2) is 4.98 Å². The average Bonchev–Trinajstić information content (AvgIpc) is 3.32. The summed E-state index contributed by atoms with van der Waals surface area (Å²) in [6.07, 6.45) is 1.60. The minimum Gasteiger partial charge on any atom is -0.481 e. The molecule has 0 unspecified atom stereocenters. The van der Waals surface area contributed by atoms with E-state index in [-0.39, 0.29) is 25.9 Å². The van der Waals surface area contributed by atoms with Gasteiger partial charge in [0.25, 0.3) is 5.91 Å². The molecule has 0 aliphatic carbocycles. The molecule has 0 spiro atoms. The zero-order chi connectivity index (χ0) is 17.8. The second-order valence-electron chi connectivity index (χ2n) is 5.47. The molecule has 4 rings (SSSR count). The Morgan fingerprint density at radius 2 is 2.12 bits per heavy atom. The molecular formula is C19H15N3O4. The summed E-state index contributed by atoms with van der Waals surface area (Å²) in [6, 6.07) is 10.6. The number of carbonyl (C=O) groups is 1. The molecule has 1 aliphatic rings. The van der Waals surface area contributed by atoms with Crippen molar-refractivity contribution in [2.45, 2.75) is 0 Å². The van der Waals surface area contributed by atoms with Crippen molar-refractivity contribution in [2.24, 2.45) is 0 Å². The van der Waals surface area contributed by atoms with Gasteiger partial charge in [-0.1, -0.05) is 11.8 Å². The van der Waals surface area contributed by atoms with E-state index >= 15 is 0 Å². The fourth-order valence-corrected chi connectivity index (χ4v) is 2.50. The number of nitrogens with one attached hydrogen (secondary N) is 2. The quantitative estimate of drug-likeness (QED) is 0.705. The van der Waals surface area contributed by atoms with Gasteiger partial charge in [0.15, 0.2) is 11.5 Å². The van der Waals surface area contributed by atoms with E-state index in [9.17, 15) is 4.79 Å². The number of aromatic nitrogens is 2. The Kier molecular flexibility index (Phi) is 4.31. The molecule has 1 amide bonds. The number of amides is 1. The van der Waals surface area contributed by atoms with E-state index in [1.165, 1.54) is 0 Å². The molecule has 0 saturated carbocycles. The summed E-state index contributed by atoms with van der Waals surface area (Å²) in [5.74, 6) is 7.55. The number of fused-ring (bicyclic) bond motifs is 2. The SMILES string of the molecule is O=C(NCC#CCOc1ccc2c(c1)OCO2)c1ccc2nc[nH]c2c1. The highest BCUT2D eigenvalue weighted by Gasteiger charge is 2.13. The standard InChI is InChI=1S/C19H15N3O4/c23-19(13-3-5-15-16(9-13)22-11-21-15)20-7-1-2-8-24-14-4-6-17-18(10-14)26-12-25-17/h3-6,9-11H,7-8,12H2,(H,20,23)(H,21,22). The van der Waals surface area contributed by atoms with Gasteiger partial charge in [-0.05, 0) is 30.3 Å². The van der Waals surface area contributed by atoms with E-state index in [2.05, 4.69) is 27.1 Å². The molecule has 0 radical (unpaired) electrons. The van der Waals surface area contributed by atoms with Crippen molar-refractivity contribution in [3.8, 4) is 29.1 Å². The fourth-order valence-electron chi connectivity index (χ4n) is 2.50. The second-order valence-corrected chi connectivity index (χ2v) is 5.47. The van der Waals surface area contributed by atoms with Crippen molar-refractivity contribution in [3.63, 3.8) is 0 Å². The molecule has 26 heavy (non-hydrogen) atoms. The van der Waals surface area contributed by atoms with Crippen LogP contribution >= 0.6 is 0 Å². The van der Waals surface area contributed by atoms with Gasteiger partial charge in [-0.15, -0.1) is 0 Å². The number of nitrogens with zero attached hydrogens (tertiary/aromatic N) is 1. The third-order valence-corrected chi connectivity index (χ3v) is 3.80. The Bertz CT molecular complexity index is 1020. The van der Waals surface area contributed by atoms with Crippen LogP contribution in [-0.2, 0) is 0 Å². The number of aromatic amines is 1. The maximum Gasteiger partial charge on any atom is 0.252 e. The highest BCUT2D eigenvalue weighted by molar-refractivity contribution is 5.97. The topological polar surface area (TPSA) is 85.5 Å². The van der Waals surface area contributed by atoms with E-state index in [4.69, 9.17) is 14.2 Å². The second kappa shape index (κ2) is 7.07. The Morgan fingerprint density at radius 1 is 1.19 bits per heavy atom. The lowest BCUT2D eigenvalue weighted by Gasteiger charge is -2.03. The molecule has 0 atom stereocenters. The monoisotopic (exact) mass is 349 g/mol.